The molecule has 0 aliphatic rings. The van der Waals surface area contributed by atoms with Gasteiger partial charge in [-0.15, -0.1) is 0 Å². The van der Waals surface area contributed by atoms with Crippen LogP contribution < -0.4 is 15.8 Å². The van der Waals surface area contributed by atoms with Gasteiger partial charge in [-0.1, -0.05) is 53.4 Å². The van der Waals surface area contributed by atoms with Crippen molar-refractivity contribution in [2.75, 3.05) is 23.7 Å². The van der Waals surface area contributed by atoms with E-state index in [1.807, 2.05) is 44.2 Å². The Bertz CT molecular complexity index is 1060. The van der Waals surface area contributed by atoms with Crippen molar-refractivity contribution < 1.29 is 4.79 Å². The SMILES string of the molecule is CCN(CC)c1nc2nc(SCC(=O)NCc3ccccc3)n(C(C)C)c(=O)c2s1. The lowest BCUT2D eigenvalue weighted by molar-refractivity contribution is -0.118. The van der Waals surface area contributed by atoms with Crippen LogP contribution >= 0.6 is 23.1 Å². The summed E-state index contributed by atoms with van der Waals surface area (Å²) in [6, 6.07) is 9.69. The zero-order chi connectivity index (χ0) is 21.7. The number of nitrogens with one attached hydrogen (secondary N) is 1. The van der Waals surface area contributed by atoms with E-state index >= 15 is 0 Å². The van der Waals surface area contributed by atoms with E-state index in [2.05, 4.69) is 34.0 Å². The van der Waals surface area contributed by atoms with E-state index in [9.17, 15) is 9.59 Å². The van der Waals surface area contributed by atoms with Crippen molar-refractivity contribution in [2.45, 2.75) is 45.4 Å². The van der Waals surface area contributed by atoms with Crippen molar-refractivity contribution >= 4 is 44.5 Å². The van der Waals surface area contributed by atoms with Crippen LogP contribution in [0.15, 0.2) is 40.3 Å². The molecular weight excluding hydrogens is 418 g/mol. The molecule has 0 unspecified atom stereocenters. The summed E-state index contributed by atoms with van der Waals surface area (Å²) >= 11 is 2.65. The van der Waals surface area contributed by atoms with E-state index < -0.39 is 0 Å². The Labute approximate surface area is 184 Å². The molecule has 2 heterocycles. The largest absolute Gasteiger partial charge is 0.351 e. The maximum absolute atomic E-state index is 13.1. The number of amides is 1. The standard InChI is InChI=1S/C21H27N5O2S2/c1-5-25(6-2)20-23-18-17(30-20)19(28)26(14(3)4)21(24-18)29-13-16(27)22-12-15-10-8-7-9-11-15/h7-11,14H,5-6,12-13H2,1-4H3,(H,22,27). The highest BCUT2D eigenvalue weighted by molar-refractivity contribution is 7.99. The van der Waals surface area contributed by atoms with Gasteiger partial charge in [0.25, 0.3) is 5.56 Å². The summed E-state index contributed by atoms with van der Waals surface area (Å²) in [5, 5.41) is 4.23. The van der Waals surface area contributed by atoms with E-state index in [0.29, 0.717) is 22.0 Å². The van der Waals surface area contributed by atoms with Crippen molar-refractivity contribution in [3.8, 4) is 0 Å². The molecule has 1 amide bonds. The van der Waals surface area contributed by atoms with E-state index in [1.165, 1.54) is 23.1 Å². The molecule has 2 aromatic heterocycles. The average Bonchev–Trinajstić information content (AvgIpc) is 3.16. The normalized spacial score (nSPS) is 11.2. The maximum atomic E-state index is 13.1. The highest BCUT2D eigenvalue weighted by Crippen LogP contribution is 2.28. The molecule has 7 nitrogen and oxygen atoms in total. The molecule has 0 saturated carbocycles. The molecule has 0 aliphatic carbocycles. The van der Waals surface area contributed by atoms with Gasteiger partial charge < -0.3 is 10.2 Å². The quantitative estimate of drug-likeness (QED) is 0.400. The zero-order valence-corrected chi connectivity index (χ0v) is 19.3. The molecule has 1 aromatic carbocycles. The number of anilines is 1. The number of aromatic nitrogens is 3. The summed E-state index contributed by atoms with van der Waals surface area (Å²) < 4.78 is 2.21. The highest BCUT2D eigenvalue weighted by Gasteiger charge is 2.20. The predicted octanol–water partition coefficient (Wildman–Crippen LogP) is 3.69. The third-order valence-electron chi connectivity index (χ3n) is 4.63. The first-order chi connectivity index (χ1) is 14.4. The van der Waals surface area contributed by atoms with Crippen LogP contribution in [0.2, 0.25) is 0 Å². The average molecular weight is 446 g/mol. The topological polar surface area (TPSA) is 80.1 Å². The van der Waals surface area contributed by atoms with Crippen LogP contribution in [-0.2, 0) is 11.3 Å². The summed E-state index contributed by atoms with van der Waals surface area (Å²) in [6.07, 6.45) is 0. The van der Waals surface area contributed by atoms with Gasteiger partial charge in [-0.3, -0.25) is 14.2 Å². The first-order valence-corrected chi connectivity index (χ1v) is 11.9. The summed E-state index contributed by atoms with van der Waals surface area (Å²) in [4.78, 5) is 36.8. The van der Waals surface area contributed by atoms with Crippen LogP contribution in [0, 0.1) is 0 Å². The first-order valence-electron chi connectivity index (χ1n) is 10.1. The Balaban J connectivity index is 1.80. The number of carbonyl (C=O) groups excluding carboxylic acids is 1. The van der Waals surface area contributed by atoms with Crippen molar-refractivity contribution in [2.24, 2.45) is 0 Å². The van der Waals surface area contributed by atoms with Gasteiger partial charge in [0.1, 0.15) is 4.70 Å². The predicted molar refractivity (Wildman–Crippen MR) is 125 cm³/mol. The molecule has 0 fully saturated rings. The molecule has 0 aliphatic heterocycles. The monoisotopic (exact) mass is 445 g/mol. The number of fused-ring (bicyclic) bond motifs is 1. The summed E-state index contributed by atoms with van der Waals surface area (Å²) in [5.74, 6) is 0.0838. The minimum absolute atomic E-state index is 0.0664. The number of rotatable bonds is 9. The van der Waals surface area contributed by atoms with Crippen molar-refractivity contribution in [1.82, 2.24) is 19.9 Å². The maximum Gasteiger partial charge on any atom is 0.274 e. The number of hydrogen-bond donors (Lipinski definition) is 1. The summed E-state index contributed by atoms with van der Waals surface area (Å²) in [6.45, 7) is 10.1. The van der Waals surface area contributed by atoms with E-state index in [1.54, 1.807) is 4.57 Å². The second-order valence-electron chi connectivity index (χ2n) is 7.04. The third-order valence-corrected chi connectivity index (χ3v) is 6.68. The number of hydrogen-bond acceptors (Lipinski definition) is 7. The van der Waals surface area contributed by atoms with Crippen LogP contribution in [0.1, 0.15) is 39.3 Å². The van der Waals surface area contributed by atoms with Gasteiger partial charge in [0.15, 0.2) is 15.9 Å². The number of carbonyl (C=O) groups is 1. The van der Waals surface area contributed by atoms with Crippen LogP contribution in [0.4, 0.5) is 5.13 Å². The van der Waals surface area contributed by atoms with Crippen LogP contribution in [0.5, 0.6) is 0 Å². The van der Waals surface area contributed by atoms with Crippen molar-refractivity contribution in [3.05, 3.63) is 46.2 Å². The van der Waals surface area contributed by atoms with Gasteiger partial charge in [0, 0.05) is 25.7 Å². The van der Waals surface area contributed by atoms with Crippen molar-refractivity contribution in [3.63, 3.8) is 0 Å². The van der Waals surface area contributed by atoms with Gasteiger partial charge in [0.2, 0.25) is 5.91 Å². The number of thiazole rings is 1. The molecule has 0 saturated heterocycles. The second kappa shape index (κ2) is 10.1. The Hall–Kier alpha value is -2.39. The molecular formula is C21H27N5O2S2. The molecule has 1 N–H and O–H groups in total. The zero-order valence-electron chi connectivity index (χ0n) is 17.7. The summed E-state index contributed by atoms with van der Waals surface area (Å²) in [5.41, 5.74) is 1.40. The Kier molecular flexibility index (Phi) is 7.49. The van der Waals surface area contributed by atoms with Gasteiger partial charge in [0.05, 0.1) is 5.75 Å². The molecule has 0 atom stereocenters. The Morgan fingerprint density at radius 1 is 1.20 bits per heavy atom. The summed E-state index contributed by atoms with van der Waals surface area (Å²) in [7, 11) is 0. The van der Waals surface area contributed by atoms with Gasteiger partial charge in [-0.25, -0.2) is 4.98 Å². The number of thioether (sulfide) groups is 1. The third kappa shape index (κ3) is 5.02. The molecule has 0 spiro atoms. The van der Waals surface area contributed by atoms with E-state index in [4.69, 9.17) is 0 Å². The lowest BCUT2D eigenvalue weighted by Gasteiger charge is -2.15. The van der Waals surface area contributed by atoms with Crippen LogP contribution in [0.25, 0.3) is 10.3 Å². The fraction of sp³-hybridized carbons (Fsp3) is 0.429. The number of nitrogens with zero attached hydrogens (tertiary/aromatic N) is 4. The Morgan fingerprint density at radius 3 is 2.53 bits per heavy atom. The lowest BCUT2D eigenvalue weighted by Crippen LogP contribution is -2.27. The fourth-order valence-corrected chi connectivity index (χ4v) is 5.04. The minimum atomic E-state index is -0.101. The molecule has 160 valence electrons. The molecule has 9 heteroatoms. The van der Waals surface area contributed by atoms with Crippen LogP contribution in [0.3, 0.4) is 0 Å². The molecule has 0 bridgehead atoms. The van der Waals surface area contributed by atoms with Gasteiger partial charge >= 0.3 is 0 Å². The molecule has 3 rings (SSSR count). The van der Waals surface area contributed by atoms with Crippen LogP contribution in [-0.4, -0.2) is 39.3 Å². The molecule has 30 heavy (non-hydrogen) atoms. The first kappa shape index (κ1) is 22.3. The van der Waals surface area contributed by atoms with Gasteiger partial charge in [-0.05, 0) is 33.3 Å². The molecule has 0 radical (unpaired) electrons. The Morgan fingerprint density at radius 2 is 1.90 bits per heavy atom. The minimum Gasteiger partial charge on any atom is -0.351 e. The lowest BCUT2D eigenvalue weighted by atomic mass is 10.2. The van der Waals surface area contributed by atoms with E-state index in [0.717, 1.165) is 23.8 Å². The highest BCUT2D eigenvalue weighted by atomic mass is 32.2. The molecule has 3 aromatic rings. The van der Waals surface area contributed by atoms with E-state index in [-0.39, 0.29) is 23.3 Å². The second-order valence-corrected chi connectivity index (χ2v) is 8.96. The van der Waals surface area contributed by atoms with Gasteiger partial charge in [-0.2, -0.15) is 4.98 Å². The van der Waals surface area contributed by atoms with Crippen molar-refractivity contribution in [1.29, 1.82) is 0 Å². The fourth-order valence-electron chi connectivity index (χ4n) is 3.02. The number of benzene rings is 1. The smallest absolute Gasteiger partial charge is 0.274 e.